The predicted octanol–water partition coefficient (Wildman–Crippen LogP) is 3.67. The van der Waals surface area contributed by atoms with E-state index in [9.17, 15) is 0 Å². The third-order valence-corrected chi connectivity index (χ3v) is 5.26. The molecule has 1 aliphatic rings. The van der Waals surface area contributed by atoms with Crippen LogP contribution in [-0.2, 0) is 0 Å². The molecule has 0 spiro atoms. The van der Waals surface area contributed by atoms with E-state index >= 15 is 0 Å². The monoisotopic (exact) mass is 371 g/mol. The number of anilines is 1. The zero-order valence-corrected chi connectivity index (χ0v) is 16.7. The number of methoxy groups -OCH3 is 2. The standard InChI is InChI=1S/C20H29N5O2/c1-5-6-7-15-8-10-25(11-9-15)18-12-17(24-23-14(18)2)16-13-21-20(27-4)22-19(16)26-3/h12-13,15H,5-11H2,1-4H3. The van der Waals surface area contributed by atoms with E-state index in [4.69, 9.17) is 9.47 Å². The van der Waals surface area contributed by atoms with Crippen LogP contribution < -0.4 is 14.4 Å². The first-order valence-corrected chi connectivity index (χ1v) is 9.70. The molecule has 0 aliphatic carbocycles. The van der Waals surface area contributed by atoms with Crippen LogP contribution in [0.5, 0.6) is 11.9 Å². The van der Waals surface area contributed by atoms with Crippen molar-refractivity contribution in [3.8, 4) is 23.1 Å². The Morgan fingerprint density at radius 2 is 1.93 bits per heavy atom. The third kappa shape index (κ3) is 4.46. The summed E-state index contributed by atoms with van der Waals surface area (Å²) in [6.45, 7) is 6.41. The summed E-state index contributed by atoms with van der Waals surface area (Å²) in [5.41, 5.74) is 3.50. The van der Waals surface area contributed by atoms with Crippen LogP contribution in [0.1, 0.15) is 44.7 Å². The molecule has 0 amide bonds. The van der Waals surface area contributed by atoms with E-state index in [1.54, 1.807) is 13.3 Å². The van der Waals surface area contributed by atoms with E-state index in [-0.39, 0.29) is 6.01 Å². The molecule has 7 heteroatoms. The molecule has 1 saturated heterocycles. The quantitative estimate of drug-likeness (QED) is 0.735. The van der Waals surface area contributed by atoms with Crippen LogP contribution in [0.3, 0.4) is 0 Å². The minimum absolute atomic E-state index is 0.269. The molecule has 7 nitrogen and oxygen atoms in total. The van der Waals surface area contributed by atoms with Crippen LogP contribution in [-0.4, -0.2) is 47.5 Å². The first kappa shape index (κ1) is 19.3. The molecule has 0 atom stereocenters. The fourth-order valence-electron chi connectivity index (χ4n) is 3.63. The van der Waals surface area contributed by atoms with Crippen LogP contribution in [0.2, 0.25) is 0 Å². The van der Waals surface area contributed by atoms with Crippen molar-refractivity contribution in [1.82, 2.24) is 20.2 Å². The summed E-state index contributed by atoms with van der Waals surface area (Å²) >= 11 is 0. The second-order valence-corrected chi connectivity index (χ2v) is 7.05. The number of unbranched alkanes of at least 4 members (excludes halogenated alkanes) is 1. The fraction of sp³-hybridized carbons (Fsp3) is 0.600. The average molecular weight is 371 g/mol. The Hall–Kier alpha value is -2.44. The lowest BCUT2D eigenvalue weighted by molar-refractivity contribution is 0.353. The maximum absolute atomic E-state index is 5.40. The highest BCUT2D eigenvalue weighted by Gasteiger charge is 2.22. The molecule has 0 unspecified atom stereocenters. The molecule has 1 fully saturated rings. The SMILES string of the molecule is CCCCC1CCN(c2cc(-c3cnc(OC)nc3OC)nnc2C)CC1. The molecule has 0 aromatic carbocycles. The van der Waals surface area contributed by atoms with Gasteiger partial charge in [-0.05, 0) is 31.7 Å². The topological polar surface area (TPSA) is 73.3 Å². The summed E-state index contributed by atoms with van der Waals surface area (Å²) in [5, 5.41) is 8.73. The molecule has 0 bridgehead atoms. The molecule has 0 radical (unpaired) electrons. The van der Waals surface area contributed by atoms with Crippen molar-refractivity contribution < 1.29 is 9.47 Å². The zero-order chi connectivity index (χ0) is 19.2. The van der Waals surface area contributed by atoms with Crippen molar-refractivity contribution in [3.63, 3.8) is 0 Å². The minimum atomic E-state index is 0.269. The molecule has 3 rings (SSSR count). The average Bonchev–Trinajstić information content (AvgIpc) is 2.72. The van der Waals surface area contributed by atoms with Gasteiger partial charge in [0.2, 0.25) is 5.88 Å². The van der Waals surface area contributed by atoms with Gasteiger partial charge in [-0.3, -0.25) is 0 Å². The zero-order valence-electron chi connectivity index (χ0n) is 16.7. The van der Waals surface area contributed by atoms with Gasteiger partial charge in [0.15, 0.2) is 0 Å². The second-order valence-electron chi connectivity index (χ2n) is 7.05. The van der Waals surface area contributed by atoms with Gasteiger partial charge in [-0.2, -0.15) is 10.1 Å². The summed E-state index contributed by atoms with van der Waals surface area (Å²) in [4.78, 5) is 10.9. The molecule has 2 aromatic heterocycles. The summed E-state index contributed by atoms with van der Waals surface area (Å²) in [6, 6.07) is 2.34. The number of rotatable bonds is 7. The number of piperidine rings is 1. The highest BCUT2D eigenvalue weighted by atomic mass is 16.5. The first-order valence-electron chi connectivity index (χ1n) is 9.70. The first-order chi connectivity index (χ1) is 13.2. The molecule has 3 heterocycles. The van der Waals surface area contributed by atoms with Gasteiger partial charge in [-0.1, -0.05) is 26.2 Å². The van der Waals surface area contributed by atoms with Crippen molar-refractivity contribution >= 4 is 5.69 Å². The van der Waals surface area contributed by atoms with Crippen LogP contribution in [0.25, 0.3) is 11.3 Å². The van der Waals surface area contributed by atoms with Crippen molar-refractivity contribution in [2.45, 2.75) is 46.0 Å². The maximum Gasteiger partial charge on any atom is 0.319 e. The van der Waals surface area contributed by atoms with Crippen LogP contribution >= 0.6 is 0 Å². The molecule has 0 N–H and O–H groups in total. The summed E-state index contributed by atoms with van der Waals surface area (Å²) < 4.78 is 10.5. The Morgan fingerprint density at radius 3 is 2.59 bits per heavy atom. The highest BCUT2D eigenvalue weighted by Crippen LogP contribution is 2.32. The van der Waals surface area contributed by atoms with E-state index in [0.717, 1.165) is 30.4 Å². The van der Waals surface area contributed by atoms with Crippen LogP contribution in [0.15, 0.2) is 12.3 Å². The molecular formula is C20H29N5O2. The van der Waals surface area contributed by atoms with Gasteiger partial charge in [0.05, 0.1) is 31.2 Å². The Labute approximate surface area is 161 Å². The van der Waals surface area contributed by atoms with E-state index in [0.29, 0.717) is 17.1 Å². The van der Waals surface area contributed by atoms with Crippen LogP contribution in [0, 0.1) is 12.8 Å². The van der Waals surface area contributed by atoms with Gasteiger partial charge in [-0.15, -0.1) is 5.10 Å². The lowest BCUT2D eigenvalue weighted by Crippen LogP contribution is -2.34. The number of aryl methyl sites for hydroxylation is 1. The predicted molar refractivity (Wildman–Crippen MR) is 105 cm³/mol. The van der Waals surface area contributed by atoms with E-state index in [1.165, 1.54) is 39.2 Å². The maximum atomic E-state index is 5.40. The van der Waals surface area contributed by atoms with E-state index in [2.05, 4.69) is 38.1 Å². The minimum Gasteiger partial charge on any atom is -0.480 e. The lowest BCUT2D eigenvalue weighted by atomic mass is 9.91. The van der Waals surface area contributed by atoms with Crippen LogP contribution in [0.4, 0.5) is 5.69 Å². The Kier molecular flexibility index (Phi) is 6.42. The van der Waals surface area contributed by atoms with E-state index < -0.39 is 0 Å². The number of hydrogen-bond acceptors (Lipinski definition) is 7. The number of aromatic nitrogens is 4. The van der Waals surface area contributed by atoms with Crippen molar-refractivity contribution in [2.24, 2.45) is 5.92 Å². The van der Waals surface area contributed by atoms with Crippen molar-refractivity contribution in [2.75, 3.05) is 32.2 Å². The fourth-order valence-corrected chi connectivity index (χ4v) is 3.63. The van der Waals surface area contributed by atoms with Gasteiger partial charge < -0.3 is 14.4 Å². The second kappa shape index (κ2) is 8.97. The smallest absolute Gasteiger partial charge is 0.319 e. The van der Waals surface area contributed by atoms with E-state index in [1.807, 2.05) is 6.92 Å². The normalized spacial score (nSPS) is 15.0. The molecule has 2 aromatic rings. The Morgan fingerprint density at radius 1 is 1.15 bits per heavy atom. The Bertz CT molecular complexity index is 760. The molecule has 27 heavy (non-hydrogen) atoms. The van der Waals surface area contributed by atoms with Gasteiger partial charge >= 0.3 is 6.01 Å². The van der Waals surface area contributed by atoms with Gasteiger partial charge in [-0.25, -0.2) is 4.98 Å². The summed E-state index contributed by atoms with van der Waals surface area (Å²) in [5.74, 6) is 1.29. The number of hydrogen-bond donors (Lipinski definition) is 0. The van der Waals surface area contributed by atoms with Gasteiger partial charge in [0.25, 0.3) is 0 Å². The summed E-state index contributed by atoms with van der Waals surface area (Å²) in [7, 11) is 3.11. The molecule has 146 valence electrons. The lowest BCUT2D eigenvalue weighted by Gasteiger charge is -2.34. The molecular weight excluding hydrogens is 342 g/mol. The largest absolute Gasteiger partial charge is 0.480 e. The third-order valence-electron chi connectivity index (χ3n) is 5.26. The van der Waals surface area contributed by atoms with Crippen molar-refractivity contribution in [1.29, 1.82) is 0 Å². The Balaban J connectivity index is 1.81. The molecule has 0 saturated carbocycles. The molecule has 1 aliphatic heterocycles. The van der Waals surface area contributed by atoms with Crippen molar-refractivity contribution in [3.05, 3.63) is 18.0 Å². The number of nitrogens with zero attached hydrogens (tertiary/aromatic N) is 5. The van der Waals surface area contributed by atoms with Gasteiger partial charge in [0.1, 0.15) is 5.69 Å². The summed E-state index contributed by atoms with van der Waals surface area (Å²) in [6.07, 6.45) is 8.12. The highest BCUT2D eigenvalue weighted by molar-refractivity contribution is 5.68. The van der Waals surface area contributed by atoms with Gasteiger partial charge in [0, 0.05) is 19.3 Å². The number of ether oxygens (including phenoxy) is 2.